The molecule has 1 N–H and O–H groups in total. The predicted molar refractivity (Wildman–Crippen MR) is 115 cm³/mol. The minimum absolute atomic E-state index is 0.0346. The molecule has 0 saturated carbocycles. The molecule has 3 rings (SSSR count). The summed E-state index contributed by atoms with van der Waals surface area (Å²) in [6, 6.07) is 11.7. The maximum absolute atomic E-state index is 12.6. The van der Waals surface area contributed by atoms with Crippen molar-refractivity contribution in [3.05, 3.63) is 65.2 Å². The van der Waals surface area contributed by atoms with Gasteiger partial charge in [0, 0.05) is 11.8 Å². The van der Waals surface area contributed by atoms with Gasteiger partial charge >= 0.3 is 0 Å². The van der Waals surface area contributed by atoms with Crippen molar-refractivity contribution in [2.75, 3.05) is 25.0 Å². The van der Waals surface area contributed by atoms with Crippen molar-refractivity contribution in [3.63, 3.8) is 0 Å². The lowest BCUT2D eigenvalue weighted by atomic mass is 9.97. The molecule has 1 atom stereocenters. The van der Waals surface area contributed by atoms with Crippen molar-refractivity contribution in [3.8, 4) is 0 Å². The van der Waals surface area contributed by atoms with Gasteiger partial charge in [-0.3, -0.25) is 4.79 Å². The number of para-hydroxylation sites is 1. The molecule has 0 spiro atoms. The molecular weight excluding hydrogens is 370 g/mol. The summed E-state index contributed by atoms with van der Waals surface area (Å²) in [6.45, 7) is 9.51. The summed E-state index contributed by atoms with van der Waals surface area (Å²) in [5, 5.41) is 2.98. The van der Waals surface area contributed by atoms with Gasteiger partial charge in [0.15, 0.2) is 0 Å². The molecule has 2 aromatic rings. The van der Waals surface area contributed by atoms with Crippen LogP contribution in [-0.2, 0) is 11.2 Å². The van der Waals surface area contributed by atoms with Crippen LogP contribution in [0.15, 0.2) is 42.5 Å². The second-order valence-electron chi connectivity index (χ2n) is 7.35. The molecule has 0 fully saturated rings. The number of rotatable bonds is 8. The van der Waals surface area contributed by atoms with Crippen LogP contribution >= 0.6 is 0 Å². The molecule has 0 bridgehead atoms. The van der Waals surface area contributed by atoms with Crippen LogP contribution in [0.1, 0.15) is 57.1 Å². The van der Waals surface area contributed by atoms with Gasteiger partial charge in [-0.1, -0.05) is 45.0 Å². The first-order valence-corrected chi connectivity index (χ1v) is 10.6. The van der Waals surface area contributed by atoms with Gasteiger partial charge in [-0.25, -0.2) is 8.78 Å². The normalized spacial score (nSPS) is 15.0. The van der Waals surface area contributed by atoms with Crippen molar-refractivity contribution in [1.82, 2.24) is 4.90 Å². The number of halogens is 2. The van der Waals surface area contributed by atoms with Crippen LogP contribution in [0.4, 0.5) is 14.5 Å². The lowest BCUT2D eigenvalue weighted by Gasteiger charge is -2.22. The van der Waals surface area contributed by atoms with E-state index in [1.165, 1.54) is 30.5 Å². The monoisotopic (exact) mass is 402 g/mol. The first kappa shape index (κ1) is 23.0. The fourth-order valence-electron chi connectivity index (χ4n) is 3.65. The lowest BCUT2D eigenvalue weighted by molar-refractivity contribution is -0.117. The van der Waals surface area contributed by atoms with Crippen molar-refractivity contribution >= 4 is 11.6 Å². The highest BCUT2D eigenvalue weighted by Crippen LogP contribution is 2.34. The van der Waals surface area contributed by atoms with Crippen molar-refractivity contribution in [2.45, 2.75) is 52.4 Å². The van der Waals surface area contributed by atoms with Crippen LogP contribution in [0.5, 0.6) is 0 Å². The third kappa shape index (κ3) is 6.64. The maximum atomic E-state index is 12.6. The Morgan fingerprint density at radius 3 is 2.28 bits per heavy atom. The molecule has 2 aromatic carbocycles. The topological polar surface area (TPSA) is 32.3 Å². The molecule has 0 aromatic heterocycles. The first-order chi connectivity index (χ1) is 14.0. The SMILES string of the molecule is CCCN(CCC)CCC1C(=O)Nc2ccccc21.CCc1ccc(F)cc1F. The second-order valence-corrected chi connectivity index (χ2v) is 7.35. The van der Waals surface area contributed by atoms with Gasteiger partial charge in [-0.05, 0) is 68.6 Å². The molecule has 0 radical (unpaired) electrons. The number of nitrogens with zero attached hydrogens (tertiary/aromatic N) is 1. The number of aryl methyl sites for hydroxylation is 1. The van der Waals surface area contributed by atoms with Crippen LogP contribution in [0.3, 0.4) is 0 Å². The van der Waals surface area contributed by atoms with E-state index in [0.717, 1.165) is 37.8 Å². The minimum Gasteiger partial charge on any atom is -0.325 e. The van der Waals surface area contributed by atoms with Crippen molar-refractivity contribution in [1.29, 1.82) is 0 Å². The first-order valence-electron chi connectivity index (χ1n) is 10.6. The van der Waals surface area contributed by atoms with E-state index in [2.05, 4.69) is 30.1 Å². The highest BCUT2D eigenvalue weighted by Gasteiger charge is 2.29. The van der Waals surface area contributed by atoms with Gasteiger partial charge in [0.1, 0.15) is 11.6 Å². The fourth-order valence-corrected chi connectivity index (χ4v) is 3.65. The van der Waals surface area contributed by atoms with Crippen LogP contribution in [0, 0.1) is 11.6 Å². The van der Waals surface area contributed by atoms with Gasteiger partial charge < -0.3 is 10.2 Å². The molecule has 29 heavy (non-hydrogen) atoms. The highest BCUT2D eigenvalue weighted by molar-refractivity contribution is 6.02. The number of carbonyl (C=O) groups is 1. The number of nitrogens with one attached hydrogen (secondary N) is 1. The molecule has 3 nitrogen and oxygen atoms in total. The zero-order valence-electron chi connectivity index (χ0n) is 17.7. The number of hydrogen-bond acceptors (Lipinski definition) is 2. The molecule has 0 saturated heterocycles. The Balaban J connectivity index is 0.000000253. The quantitative estimate of drug-likeness (QED) is 0.609. The van der Waals surface area contributed by atoms with E-state index in [-0.39, 0.29) is 11.8 Å². The summed E-state index contributed by atoms with van der Waals surface area (Å²) in [5.74, 6) is -0.779. The third-order valence-corrected chi connectivity index (χ3v) is 5.12. The summed E-state index contributed by atoms with van der Waals surface area (Å²) in [6.07, 6.45) is 3.87. The number of carbonyl (C=O) groups excluding carboxylic acids is 1. The smallest absolute Gasteiger partial charge is 0.232 e. The van der Waals surface area contributed by atoms with E-state index in [4.69, 9.17) is 0 Å². The lowest BCUT2D eigenvalue weighted by Crippen LogP contribution is -2.28. The molecular formula is C24H32F2N2O. The standard InChI is InChI=1S/C16H24N2O.C8H8F2/c1-3-10-18(11-4-2)12-9-14-13-7-5-6-8-15(13)17-16(14)19;1-2-6-3-4-7(9)5-8(6)10/h5-8,14H,3-4,9-12H2,1-2H3,(H,17,19);3-5H,2H2,1H3. The molecule has 1 unspecified atom stereocenters. The van der Waals surface area contributed by atoms with E-state index in [0.29, 0.717) is 12.0 Å². The van der Waals surface area contributed by atoms with Gasteiger partial charge in [-0.2, -0.15) is 0 Å². The molecule has 5 heteroatoms. The number of benzene rings is 2. The van der Waals surface area contributed by atoms with E-state index < -0.39 is 11.6 Å². The van der Waals surface area contributed by atoms with Gasteiger partial charge in [-0.15, -0.1) is 0 Å². The average molecular weight is 403 g/mol. The van der Waals surface area contributed by atoms with Crippen LogP contribution < -0.4 is 5.32 Å². The minimum atomic E-state index is -0.519. The average Bonchev–Trinajstić information content (AvgIpc) is 3.02. The zero-order valence-corrected chi connectivity index (χ0v) is 17.7. The van der Waals surface area contributed by atoms with E-state index in [1.54, 1.807) is 0 Å². The Labute approximate surface area is 173 Å². The molecule has 158 valence electrons. The van der Waals surface area contributed by atoms with Gasteiger partial charge in [0.25, 0.3) is 0 Å². The maximum Gasteiger partial charge on any atom is 0.232 e. The fraction of sp³-hybridized carbons (Fsp3) is 0.458. The number of anilines is 1. The molecule has 1 amide bonds. The Hall–Kier alpha value is -2.27. The Morgan fingerprint density at radius 1 is 0.966 bits per heavy atom. The summed E-state index contributed by atoms with van der Waals surface area (Å²) in [5.41, 5.74) is 2.72. The van der Waals surface area contributed by atoms with E-state index >= 15 is 0 Å². The second kappa shape index (κ2) is 11.7. The largest absolute Gasteiger partial charge is 0.325 e. The van der Waals surface area contributed by atoms with Crippen LogP contribution in [0.25, 0.3) is 0 Å². The summed E-state index contributed by atoms with van der Waals surface area (Å²) >= 11 is 0. The number of amides is 1. The van der Waals surface area contributed by atoms with Crippen LogP contribution in [-0.4, -0.2) is 30.4 Å². The van der Waals surface area contributed by atoms with E-state index in [1.807, 2.05) is 25.1 Å². The molecule has 1 aliphatic rings. The summed E-state index contributed by atoms with van der Waals surface area (Å²) in [4.78, 5) is 14.5. The summed E-state index contributed by atoms with van der Waals surface area (Å²) in [7, 11) is 0. The summed E-state index contributed by atoms with van der Waals surface area (Å²) < 4.78 is 24.9. The van der Waals surface area contributed by atoms with Crippen LogP contribution in [0.2, 0.25) is 0 Å². The molecule has 0 aliphatic carbocycles. The molecule has 1 aliphatic heterocycles. The van der Waals surface area contributed by atoms with Gasteiger partial charge in [0.05, 0.1) is 5.92 Å². The zero-order chi connectivity index (χ0) is 21.2. The number of hydrogen-bond donors (Lipinski definition) is 1. The molecule has 1 heterocycles. The Bertz CT molecular complexity index is 788. The predicted octanol–water partition coefficient (Wildman–Crippen LogP) is 5.76. The number of fused-ring (bicyclic) bond motifs is 1. The third-order valence-electron chi connectivity index (χ3n) is 5.12. The Kier molecular flexibility index (Phi) is 9.26. The highest BCUT2D eigenvalue weighted by atomic mass is 19.1. The Morgan fingerprint density at radius 2 is 1.66 bits per heavy atom. The van der Waals surface area contributed by atoms with Crippen molar-refractivity contribution < 1.29 is 13.6 Å². The van der Waals surface area contributed by atoms with Crippen molar-refractivity contribution in [2.24, 2.45) is 0 Å². The van der Waals surface area contributed by atoms with E-state index in [9.17, 15) is 13.6 Å². The van der Waals surface area contributed by atoms with Gasteiger partial charge in [0.2, 0.25) is 5.91 Å².